The van der Waals surface area contributed by atoms with Gasteiger partial charge in [0.15, 0.2) is 11.5 Å². The average Bonchev–Trinajstić information content (AvgIpc) is 2.90. The van der Waals surface area contributed by atoms with Crippen LogP contribution in [-0.4, -0.2) is 24.7 Å². The van der Waals surface area contributed by atoms with E-state index in [1.165, 1.54) is 0 Å². The summed E-state index contributed by atoms with van der Waals surface area (Å²) in [4.78, 5) is 15.5. The van der Waals surface area contributed by atoms with Gasteiger partial charge in [-0.2, -0.15) is 0 Å². The molecule has 0 radical (unpaired) electrons. The summed E-state index contributed by atoms with van der Waals surface area (Å²) < 4.78 is 11.9. The van der Waals surface area contributed by atoms with E-state index in [9.17, 15) is 9.90 Å². The van der Waals surface area contributed by atoms with Crippen LogP contribution in [0.3, 0.4) is 0 Å². The number of aromatic carboxylic acids is 1. The first-order chi connectivity index (χ1) is 11.0. The van der Waals surface area contributed by atoms with Crippen molar-refractivity contribution in [1.82, 2.24) is 4.98 Å². The zero-order valence-corrected chi connectivity index (χ0v) is 15.5. The van der Waals surface area contributed by atoms with Crippen LogP contribution in [0.1, 0.15) is 35.1 Å². The molecule has 5 nitrogen and oxygen atoms in total. The summed E-state index contributed by atoms with van der Waals surface area (Å²) in [6, 6.07) is 3.64. The number of carbonyl (C=O) groups excluding carboxylic acids is 1. The van der Waals surface area contributed by atoms with Gasteiger partial charge in [0, 0.05) is 5.56 Å². The molecule has 0 unspecified atom stereocenters. The molecule has 0 saturated carbocycles. The van der Waals surface area contributed by atoms with Gasteiger partial charge in [-0.15, -0.1) is 11.3 Å². The Morgan fingerprint density at radius 3 is 2.74 bits per heavy atom. The molecule has 7 heteroatoms. The number of aryl methyl sites for hydroxylation is 1. The lowest BCUT2D eigenvalue weighted by molar-refractivity contribution is -0.254. The van der Waals surface area contributed by atoms with Gasteiger partial charge in [0.2, 0.25) is 0 Å². The highest BCUT2D eigenvalue weighted by Crippen LogP contribution is 2.41. The number of hydrogen-bond acceptors (Lipinski definition) is 6. The Morgan fingerprint density at radius 2 is 2.17 bits per heavy atom. The minimum atomic E-state index is -1.21. The first-order valence-corrected chi connectivity index (χ1v) is 8.78. The Bertz CT molecular complexity index is 714. The number of benzene rings is 1. The second-order valence-corrected chi connectivity index (χ2v) is 6.77. The van der Waals surface area contributed by atoms with Crippen LogP contribution in [0.5, 0.6) is 11.5 Å². The Hall–Kier alpha value is -1.60. The third-order valence-corrected chi connectivity index (χ3v) is 4.98. The Labute approximate surface area is 147 Å². The van der Waals surface area contributed by atoms with Crippen LogP contribution in [0.2, 0.25) is 0 Å². The fourth-order valence-electron chi connectivity index (χ4n) is 2.01. The van der Waals surface area contributed by atoms with Gasteiger partial charge < -0.3 is 19.4 Å². The van der Waals surface area contributed by atoms with Gasteiger partial charge in [0.1, 0.15) is 5.01 Å². The zero-order valence-electron chi connectivity index (χ0n) is 13.1. The van der Waals surface area contributed by atoms with Crippen molar-refractivity contribution in [3.05, 3.63) is 27.2 Å². The predicted octanol–water partition coefficient (Wildman–Crippen LogP) is 3.43. The number of aromatic nitrogens is 1. The summed E-state index contributed by atoms with van der Waals surface area (Å²) in [5, 5.41) is 11.7. The smallest absolute Gasteiger partial charge is 0.175 e. The minimum Gasteiger partial charge on any atom is -0.544 e. The van der Waals surface area contributed by atoms with Crippen molar-refractivity contribution in [2.75, 3.05) is 13.7 Å². The van der Waals surface area contributed by atoms with Crippen LogP contribution in [0.4, 0.5) is 0 Å². The normalized spacial score (nSPS) is 10.6. The highest BCUT2D eigenvalue weighted by molar-refractivity contribution is 9.10. The van der Waals surface area contributed by atoms with Crippen molar-refractivity contribution in [1.29, 1.82) is 0 Å². The van der Waals surface area contributed by atoms with Crippen LogP contribution in [0, 0.1) is 6.92 Å². The fraction of sp³-hybridized carbons (Fsp3) is 0.375. The van der Waals surface area contributed by atoms with Crippen LogP contribution < -0.4 is 14.6 Å². The van der Waals surface area contributed by atoms with Crippen molar-refractivity contribution in [2.45, 2.75) is 26.7 Å². The quantitative estimate of drug-likeness (QED) is 0.667. The number of ether oxygens (including phenoxy) is 2. The van der Waals surface area contributed by atoms with Gasteiger partial charge in [-0.3, -0.25) is 0 Å². The van der Waals surface area contributed by atoms with Crippen molar-refractivity contribution in [3.8, 4) is 22.1 Å². The summed E-state index contributed by atoms with van der Waals surface area (Å²) >= 11 is 4.57. The van der Waals surface area contributed by atoms with E-state index >= 15 is 0 Å². The summed E-state index contributed by atoms with van der Waals surface area (Å²) in [5.74, 6) is 0.00299. The molecule has 0 saturated heterocycles. The number of thiazole rings is 1. The molecule has 0 aliphatic rings. The van der Waals surface area contributed by atoms with E-state index in [1.54, 1.807) is 20.1 Å². The Balaban J connectivity index is 2.39. The molecule has 0 atom stereocenters. The molecule has 1 aromatic carbocycles. The SMILES string of the molecule is CCCCOc1c(Br)cc(-c2nc(C)c(C(=O)[O-])s2)cc1OC. The van der Waals surface area contributed by atoms with Crippen molar-refractivity contribution in [2.24, 2.45) is 0 Å². The average molecular weight is 399 g/mol. The topological polar surface area (TPSA) is 71.5 Å². The summed E-state index contributed by atoms with van der Waals surface area (Å²) in [6.45, 7) is 4.36. The molecule has 2 rings (SSSR count). The lowest BCUT2D eigenvalue weighted by Crippen LogP contribution is -2.21. The molecule has 0 aliphatic heterocycles. The fourth-order valence-corrected chi connectivity index (χ4v) is 3.46. The molecule has 0 N–H and O–H groups in total. The van der Waals surface area contributed by atoms with E-state index in [1.807, 2.05) is 6.07 Å². The summed E-state index contributed by atoms with van der Waals surface area (Å²) in [6.07, 6.45) is 2.00. The van der Waals surface area contributed by atoms with Gasteiger partial charge in [-0.25, -0.2) is 4.98 Å². The van der Waals surface area contributed by atoms with E-state index in [4.69, 9.17) is 9.47 Å². The Morgan fingerprint density at radius 1 is 1.43 bits per heavy atom. The number of carbonyl (C=O) groups is 1. The number of methoxy groups -OCH3 is 1. The lowest BCUT2D eigenvalue weighted by atomic mass is 10.2. The largest absolute Gasteiger partial charge is 0.544 e. The second kappa shape index (κ2) is 7.79. The molecule has 0 bridgehead atoms. The molecule has 0 fully saturated rings. The summed E-state index contributed by atoms with van der Waals surface area (Å²) in [5.41, 5.74) is 1.21. The van der Waals surface area contributed by atoms with Crippen LogP contribution >= 0.6 is 27.3 Å². The Kier molecular flexibility index (Phi) is 6.01. The molecule has 23 heavy (non-hydrogen) atoms. The van der Waals surface area contributed by atoms with Crippen LogP contribution in [0.15, 0.2) is 16.6 Å². The monoisotopic (exact) mass is 398 g/mol. The predicted molar refractivity (Wildman–Crippen MR) is 91.3 cm³/mol. The molecule has 1 aromatic heterocycles. The van der Waals surface area contributed by atoms with E-state index in [2.05, 4.69) is 27.8 Å². The highest BCUT2D eigenvalue weighted by Gasteiger charge is 2.16. The lowest BCUT2D eigenvalue weighted by Gasteiger charge is -2.13. The number of nitrogens with zero attached hydrogens (tertiary/aromatic N) is 1. The zero-order chi connectivity index (χ0) is 17.0. The van der Waals surface area contributed by atoms with E-state index in [-0.39, 0.29) is 4.88 Å². The molecular formula is C16H17BrNO4S-. The van der Waals surface area contributed by atoms with Crippen molar-refractivity contribution < 1.29 is 19.4 Å². The first-order valence-electron chi connectivity index (χ1n) is 7.17. The number of carboxylic acid groups (broad SMARTS) is 1. The number of unbranched alkanes of at least 4 members (excludes halogenated alkanes) is 1. The third-order valence-electron chi connectivity index (χ3n) is 3.20. The third kappa shape index (κ3) is 4.03. The molecule has 124 valence electrons. The molecular weight excluding hydrogens is 382 g/mol. The first kappa shape index (κ1) is 17.7. The van der Waals surface area contributed by atoms with Crippen molar-refractivity contribution in [3.63, 3.8) is 0 Å². The van der Waals surface area contributed by atoms with Gasteiger partial charge in [-0.05, 0) is 41.4 Å². The van der Waals surface area contributed by atoms with Crippen LogP contribution in [0.25, 0.3) is 10.6 Å². The molecule has 2 aromatic rings. The number of carboxylic acids is 1. The second-order valence-electron chi connectivity index (χ2n) is 4.91. The maximum absolute atomic E-state index is 11.1. The molecule has 0 aliphatic carbocycles. The van der Waals surface area contributed by atoms with E-state index < -0.39 is 5.97 Å². The van der Waals surface area contributed by atoms with Gasteiger partial charge in [-0.1, -0.05) is 13.3 Å². The highest BCUT2D eigenvalue weighted by atomic mass is 79.9. The van der Waals surface area contributed by atoms with E-state index in [0.29, 0.717) is 28.8 Å². The standard InChI is InChI=1S/C16H18BrNO4S/c1-4-5-6-22-13-11(17)7-10(8-12(13)21-3)15-18-9(2)14(23-15)16(19)20/h7-8H,4-6H2,1-3H3,(H,19,20)/p-1. The summed E-state index contributed by atoms with van der Waals surface area (Å²) in [7, 11) is 1.57. The van der Waals surface area contributed by atoms with Gasteiger partial charge >= 0.3 is 0 Å². The molecule has 1 heterocycles. The van der Waals surface area contributed by atoms with E-state index in [0.717, 1.165) is 34.2 Å². The maximum Gasteiger partial charge on any atom is 0.175 e. The number of hydrogen-bond donors (Lipinski definition) is 0. The van der Waals surface area contributed by atoms with Crippen molar-refractivity contribution >= 4 is 33.2 Å². The maximum atomic E-state index is 11.1. The van der Waals surface area contributed by atoms with Gasteiger partial charge in [0.05, 0.1) is 34.7 Å². The number of rotatable bonds is 7. The van der Waals surface area contributed by atoms with Crippen LogP contribution in [-0.2, 0) is 0 Å². The molecule has 0 spiro atoms. The number of halogens is 1. The minimum absolute atomic E-state index is 0.137. The van der Waals surface area contributed by atoms with Gasteiger partial charge in [0.25, 0.3) is 0 Å². The molecule has 0 amide bonds.